The molecule has 0 saturated carbocycles. The lowest BCUT2D eigenvalue weighted by Gasteiger charge is -2.46. The Bertz CT molecular complexity index is 981. The minimum atomic E-state index is -1.78. The predicted molar refractivity (Wildman–Crippen MR) is 134 cm³/mol. The van der Waals surface area contributed by atoms with Crippen molar-refractivity contribution in [1.82, 2.24) is 4.90 Å². The Hall–Kier alpha value is -2.51. The van der Waals surface area contributed by atoms with Crippen LogP contribution in [0, 0.1) is 5.82 Å². The first-order valence-electron chi connectivity index (χ1n) is 11.8. The first-order valence-corrected chi connectivity index (χ1v) is 15.3. The monoisotopic (exact) mass is 467 g/mol. The van der Waals surface area contributed by atoms with Crippen LogP contribution in [0.3, 0.4) is 0 Å². The smallest absolute Gasteiger partial charge is 0.243 e. The van der Waals surface area contributed by atoms with Crippen molar-refractivity contribution in [2.75, 3.05) is 31.2 Å². The lowest BCUT2D eigenvalue weighted by Crippen LogP contribution is -2.59. The fourth-order valence-electron chi connectivity index (χ4n) is 4.76. The molecule has 33 heavy (non-hydrogen) atoms. The minimum Gasteiger partial charge on any atom is -0.533 e. The molecule has 0 amide bonds. The third-order valence-corrected chi connectivity index (χ3v) is 7.27. The van der Waals surface area contributed by atoms with Gasteiger partial charge in [0.25, 0.3) is 0 Å². The van der Waals surface area contributed by atoms with Gasteiger partial charge in [0.2, 0.25) is 8.32 Å². The molecule has 0 aromatic heterocycles. The molecule has 1 saturated heterocycles. The van der Waals surface area contributed by atoms with E-state index in [0.717, 1.165) is 44.8 Å². The Labute approximate surface area is 197 Å². The highest BCUT2D eigenvalue weighted by Gasteiger charge is 2.50. The van der Waals surface area contributed by atoms with E-state index >= 15 is 0 Å². The van der Waals surface area contributed by atoms with Crippen LogP contribution in [0.15, 0.2) is 59.6 Å². The van der Waals surface area contributed by atoms with Crippen molar-refractivity contribution in [3.8, 4) is 0 Å². The summed E-state index contributed by atoms with van der Waals surface area (Å²) in [5.74, 6) is 0.676. The number of Topliss-reactive ketones (excluding diaryl/α,β-unsaturated/α-hetero) is 1. The summed E-state index contributed by atoms with van der Waals surface area (Å²) < 4.78 is 19.6. The number of nitrogens with zero attached hydrogens (tertiary/aromatic N) is 3. The number of carbonyl (C=O) groups excluding carboxylic acids is 1. The highest BCUT2D eigenvalue weighted by molar-refractivity contribution is 6.71. The molecule has 0 aliphatic carbocycles. The van der Waals surface area contributed by atoms with Crippen LogP contribution < -0.4 is 4.90 Å². The summed E-state index contributed by atoms with van der Waals surface area (Å²) in [6.45, 7) is 10.0. The average molecular weight is 468 g/mol. The van der Waals surface area contributed by atoms with Crippen LogP contribution >= 0.6 is 0 Å². The maximum Gasteiger partial charge on any atom is 0.243 e. The number of hydrogen-bond acceptors (Lipinski definition) is 5. The molecular weight excluding hydrogens is 433 g/mol. The molecule has 0 unspecified atom stereocenters. The number of halogens is 1. The third-order valence-electron chi connectivity index (χ3n) is 6.47. The van der Waals surface area contributed by atoms with Gasteiger partial charge >= 0.3 is 0 Å². The van der Waals surface area contributed by atoms with Crippen LogP contribution in [0.5, 0.6) is 0 Å². The minimum absolute atomic E-state index is 0.0764. The third kappa shape index (κ3) is 5.53. The summed E-state index contributed by atoms with van der Waals surface area (Å²) in [5.41, 5.74) is 1.58. The molecule has 2 aromatic carbocycles. The second-order valence-electron chi connectivity index (χ2n) is 9.99. The Morgan fingerprint density at radius 1 is 1.06 bits per heavy atom. The van der Waals surface area contributed by atoms with Crippen molar-refractivity contribution < 1.29 is 13.6 Å². The van der Waals surface area contributed by atoms with Gasteiger partial charge in [-0.3, -0.25) is 4.79 Å². The Morgan fingerprint density at radius 2 is 1.73 bits per heavy atom. The van der Waals surface area contributed by atoms with Gasteiger partial charge in [-0.25, -0.2) is 9.38 Å². The van der Waals surface area contributed by atoms with E-state index in [9.17, 15) is 9.18 Å². The fraction of sp³-hybridized carbons (Fsp3) is 0.462. The molecule has 5 nitrogen and oxygen atoms in total. The van der Waals surface area contributed by atoms with Crippen LogP contribution in [0.1, 0.15) is 36.0 Å². The van der Waals surface area contributed by atoms with E-state index in [1.807, 2.05) is 6.07 Å². The number of para-hydroxylation sites is 1. The molecule has 2 aliphatic heterocycles. The predicted octanol–water partition coefficient (Wildman–Crippen LogP) is 5.35. The maximum atomic E-state index is 13.1. The summed E-state index contributed by atoms with van der Waals surface area (Å²) in [7, 11) is -1.78. The highest BCUT2D eigenvalue weighted by Crippen LogP contribution is 2.39. The SMILES string of the molecule is C[Si](C)(C)OC1=NCN(c2ccccc2)C12CCN(CCCC(=O)c1ccc(F)cc1)CC2. The van der Waals surface area contributed by atoms with Crippen LogP contribution in [-0.4, -0.2) is 56.7 Å². The quantitative estimate of drug-likeness (QED) is 0.407. The molecule has 176 valence electrons. The van der Waals surface area contributed by atoms with Crippen LogP contribution in [0.4, 0.5) is 10.1 Å². The number of rotatable bonds is 7. The number of anilines is 1. The number of benzene rings is 2. The topological polar surface area (TPSA) is 45.1 Å². The van der Waals surface area contributed by atoms with E-state index in [4.69, 9.17) is 9.42 Å². The second kappa shape index (κ2) is 9.77. The molecule has 1 fully saturated rings. The molecule has 7 heteroatoms. The highest BCUT2D eigenvalue weighted by atomic mass is 28.4. The largest absolute Gasteiger partial charge is 0.533 e. The normalized spacial score (nSPS) is 18.4. The number of aliphatic imine (C=N–C) groups is 1. The van der Waals surface area contributed by atoms with Crippen LogP contribution in [-0.2, 0) is 4.43 Å². The van der Waals surface area contributed by atoms with Crippen LogP contribution in [0.25, 0.3) is 0 Å². The summed E-state index contributed by atoms with van der Waals surface area (Å²) >= 11 is 0. The van der Waals surface area contributed by atoms with Crippen molar-refractivity contribution in [1.29, 1.82) is 0 Å². The Kier molecular flexibility index (Phi) is 7.00. The zero-order chi connectivity index (χ0) is 23.5. The van der Waals surface area contributed by atoms with Gasteiger partial charge in [0.05, 0.1) is 0 Å². The van der Waals surface area contributed by atoms with Crippen molar-refractivity contribution in [2.24, 2.45) is 4.99 Å². The lowest BCUT2D eigenvalue weighted by atomic mass is 9.85. The van der Waals surface area contributed by atoms with Crippen molar-refractivity contribution in [2.45, 2.75) is 50.9 Å². The molecule has 1 spiro atoms. The molecule has 0 radical (unpaired) electrons. The zero-order valence-corrected chi connectivity index (χ0v) is 20.9. The Morgan fingerprint density at radius 3 is 2.36 bits per heavy atom. The number of carbonyl (C=O) groups is 1. The van der Waals surface area contributed by atoms with Gasteiger partial charge in [0.1, 0.15) is 18.0 Å². The maximum absolute atomic E-state index is 13.1. The summed E-state index contributed by atoms with van der Waals surface area (Å²) in [6, 6.07) is 16.3. The van der Waals surface area contributed by atoms with E-state index in [0.29, 0.717) is 18.7 Å². The van der Waals surface area contributed by atoms with Gasteiger partial charge in [-0.1, -0.05) is 18.2 Å². The van der Waals surface area contributed by atoms with Gasteiger partial charge in [-0.2, -0.15) is 0 Å². The molecule has 4 rings (SSSR count). The van der Waals surface area contributed by atoms with Gasteiger partial charge in [-0.05, 0) is 81.8 Å². The van der Waals surface area contributed by atoms with Crippen LogP contribution in [0.2, 0.25) is 19.6 Å². The van der Waals surface area contributed by atoms with E-state index in [2.05, 4.69) is 53.7 Å². The molecular formula is C26H34FN3O2Si. The summed E-state index contributed by atoms with van der Waals surface area (Å²) in [6.07, 6.45) is 3.20. The summed E-state index contributed by atoms with van der Waals surface area (Å²) in [5, 5.41) is 0. The zero-order valence-electron chi connectivity index (χ0n) is 19.9. The van der Waals surface area contributed by atoms with Gasteiger partial charge in [-0.15, -0.1) is 0 Å². The number of hydrogen-bond donors (Lipinski definition) is 0. The Balaban J connectivity index is 1.37. The molecule has 2 aliphatic rings. The number of piperidine rings is 1. The van der Waals surface area contributed by atoms with E-state index in [-0.39, 0.29) is 17.1 Å². The van der Waals surface area contributed by atoms with Crippen molar-refractivity contribution in [3.05, 3.63) is 66.0 Å². The van der Waals surface area contributed by atoms with E-state index in [1.165, 1.54) is 17.8 Å². The summed E-state index contributed by atoms with van der Waals surface area (Å²) in [4.78, 5) is 22.1. The first-order chi connectivity index (χ1) is 15.8. The molecule has 0 N–H and O–H groups in total. The number of ketones is 1. The lowest BCUT2D eigenvalue weighted by molar-refractivity contribution is 0.0970. The molecule has 2 aromatic rings. The van der Waals surface area contributed by atoms with Gasteiger partial charge in [0.15, 0.2) is 11.7 Å². The van der Waals surface area contributed by atoms with E-state index in [1.54, 1.807) is 12.1 Å². The van der Waals surface area contributed by atoms with Gasteiger partial charge in [0, 0.05) is 30.8 Å². The fourth-order valence-corrected chi connectivity index (χ4v) is 5.60. The number of likely N-dealkylation sites (tertiary alicyclic amines) is 1. The molecule has 0 atom stereocenters. The average Bonchev–Trinajstić information content (AvgIpc) is 3.12. The van der Waals surface area contributed by atoms with Crippen molar-refractivity contribution in [3.63, 3.8) is 0 Å². The standard InChI is InChI=1S/C26H34FN3O2Si/c1-33(2,3)32-25-26(30(20-28-25)23-8-5-4-6-9-23)15-18-29(19-16-26)17-7-10-24(31)21-11-13-22(27)14-12-21/h4-6,8-9,11-14H,7,10,15-20H2,1-3H3. The van der Waals surface area contributed by atoms with E-state index < -0.39 is 8.32 Å². The molecule has 0 bridgehead atoms. The second-order valence-corrected chi connectivity index (χ2v) is 14.4. The van der Waals surface area contributed by atoms with Gasteiger partial charge < -0.3 is 14.2 Å². The first kappa shape index (κ1) is 23.6. The van der Waals surface area contributed by atoms with Crippen molar-refractivity contribution >= 4 is 25.7 Å². The molecule has 2 heterocycles.